The summed E-state index contributed by atoms with van der Waals surface area (Å²) < 4.78 is 36.7. The number of rotatable bonds is 7. The standard InChI is InChI=1S/C37H33N5O4S/c1-26-23-40(24-27(2)46-26)47(44,45)33-20-12-15-29(21-33)35-30(25-41(38-35)31-16-8-4-9-17-31)22-34-36(28-13-6-3-7-14-28)39-42(37(34)43)32-18-10-5-11-19-32/h3-22,25-27H,23-24H2,1-2H3/b34-22-. The van der Waals surface area contributed by atoms with E-state index < -0.39 is 10.0 Å². The van der Waals surface area contributed by atoms with Gasteiger partial charge in [-0.05, 0) is 56.3 Å². The highest BCUT2D eigenvalue weighted by molar-refractivity contribution is 7.89. The summed E-state index contributed by atoms with van der Waals surface area (Å²) in [6.07, 6.45) is 3.23. The molecule has 2 aliphatic rings. The lowest BCUT2D eigenvalue weighted by molar-refractivity contribution is -0.114. The molecule has 1 amide bonds. The van der Waals surface area contributed by atoms with Crippen molar-refractivity contribution in [1.82, 2.24) is 14.1 Å². The Morgan fingerprint density at radius 1 is 0.766 bits per heavy atom. The van der Waals surface area contributed by atoms with Crippen LogP contribution in [0.1, 0.15) is 25.0 Å². The minimum Gasteiger partial charge on any atom is -0.373 e. The van der Waals surface area contributed by atoms with Crippen LogP contribution >= 0.6 is 0 Å². The van der Waals surface area contributed by atoms with Crippen molar-refractivity contribution < 1.29 is 17.9 Å². The van der Waals surface area contributed by atoms with Gasteiger partial charge in [0.05, 0.1) is 34.1 Å². The average Bonchev–Trinajstić information content (AvgIpc) is 3.67. The second-order valence-corrected chi connectivity index (χ2v) is 13.6. The highest BCUT2D eigenvalue weighted by Crippen LogP contribution is 2.33. The summed E-state index contributed by atoms with van der Waals surface area (Å²) in [5.74, 6) is -0.277. The summed E-state index contributed by atoms with van der Waals surface area (Å²) in [5.41, 5.74) is 4.96. The number of nitrogens with zero attached hydrogens (tertiary/aromatic N) is 5. The first-order valence-electron chi connectivity index (χ1n) is 15.4. The maximum atomic E-state index is 14.1. The molecular formula is C37H33N5O4S. The van der Waals surface area contributed by atoms with E-state index in [0.717, 1.165) is 11.3 Å². The molecule has 0 saturated carbocycles. The van der Waals surface area contributed by atoms with E-state index in [1.165, 1.54) is 9.31 Å². The number of hydrazone groups is 1. The summed E-state index contributed by atoms with van der Waals surface area (Å²) in [6.45, 7) is 4.30. The molecule has 47 heavy (non-hydrogen) atoms. The van der Waals surface area contributed by atoms with E-state index in [-0.39, 0.29) is 36.1 Å². The first-order chi connectivity index (χ1) is 22.8. The molecule has 1 fully saturated rings. The molecule has 10 heteroatoms. The summed E-state index contributed by atoms with van der Waals surface area (Å²) in [6, 6.07) is 35.3. The predicted octanol–water partition coefficient (Wildman–Crippen LogP) is 6.17. The van der Waals surface area contributed by atoms with Crippen LogP contribution in [-0.4, -0.2) is 59.4 Å². The first kappa shape index (κ1) is 30.5. The van der Waals surface area contributed by atoms with Crippen LogP contribution in [0.25, 0.3) is 23.0 Å². The van der Waals surface area contributed by atoms with E-state index in [2.05, 4.69) is 0 Å². The summed E-state index contributed by atoms with van der Waals surface area (Å²) in [7, 11) is -3.81. The number of hydrogen-bond donors (Lipinski definition) is 0. The fourth-order valence-electron chi connectivity index (χ4n) is 5.96. The molecule has 4 aromatic carbocycles. The fourth-order valence-corrected chi connectivity index (χ4v) is 7.60. The summed E-state index contributed by atoms with van der Waals surface area (Å²) in [4.78, 5) is 14.2. The molecule has 2 unspecified atom stereocenters. The van der Waals surface area contributed by atoms with Gasteiger partial charge in [-0.15, -0.1) is 0 Å². The number of aromatic nitrogens is 2. The molecule has 1 saturated heterocycles. The van der Waals surface area contributed by atoms with E-state index >= 15 is 0 Å². The molecular weight excluding hydrogens is 611 g/mol. The smallest absolute Gasteiger partial charge is 0.281 e. The van der Waals surface area contributed by atoms with Crippen LogP contribution in [0.2, 0.25) is 0 Å². The number of benzene rings is 4. The van der Waals surface area contributed by atoms with Crippen LogP contribution in [0.5, 0.6) is 0 Å². The maximum Gasteiger partial charge on any atom is 0.281 e. The van der Waals surface area contributed by atoms with Gasteiger partial charge in [-0.1, -0.05) is 78.9 Å². The SMILES string of the molecule is CC1CN(S(=O)(=O)c2cccc(-c3nn(-c4ccccc4)cc3/C=C3\C(=O)N(c4ccccc4)N=C3c3ccccc3)c2)CC(C)O1. The molecule has 0 radical (unpaired) electrons. The Labute approximate surface area is 274 Å². The second kappa shape index (κ2) is 12.6. The molecule has 2 atom stereocenters. The van der Waals surface area contributed by atoms with Crippen molar-refractivity contribution in [2.24, 2.45) is 5.10 Å². The van der Waals surface area contributed by atoms with Gasteiger partial charge in [0.15, 0.2) is 0 Å². The van der Waals surface area contributed by atoms with Crippen molar-refractivity contribution in [3.8, 4) is 16.9 Å². The summed E-state index contributed by atoms with van der Waals surface area (Å²) >= 11 is 0. The van der Waals surface area contributed by atoms with Crippen molar-refractivity contribution in [3.05, 3.63) is 138 Å². The number of amides is 1. The lowest BCUT2D eigenvalue weighted by Gasteiger charge is -2.34. The maximum absolute atomic E-state index is 14.1. The van der Waals surface area contributed by atoms with Gasteiger partial charge in [0.2, 0.25) is 10.0 Å². The van der Waals surface area contributed by atoms with Gasteiger partial charge in [0.1, 0.15) is 11.4 Å². The van der Waals surface area contributed by atoms with Gasteiger partial charge in [-0.3, -0.25) is 4.79 Å². The third kappa shape index (κ3) is 6.06. The second-order valence-electron chi connectivity index (χ2n) is 11.6. The van der Waals surface area contributed by atoms with Crippen LogP contribution in [0.4, 0.5) is 5.69 Å². The zero-order valence-electron chi connectivity index (χ0n) is 26.0. The lowest BCUT2D eigenvalue weighted by Crippen LogP contribution is -2.48. The van der Waals surface area contributed by atoms with Crippen LogP contribution in [-0.2, 0) is 19.6 Å². The van der Waals surface area contributed by atoms with Crippen molar-refractivity contribution in [3.63, 3.8) is 0 Å². The number of para-hydroxylation sites is 2. The van der Waals surface area contributed by atoms with Crippen molar-refractivity contribution in [1.29, 1.82) is 0 Å². The Kier molecular flexibility index (Phi) is 8.15. The van der Waals surface area contributed by atoms with Crippen molar-refractivity contribution >= 4 is 33.4 Å². The van der Waals surface area contributed by atoms with E-state index in [1.807, 2.05) is 117 Å². The zero-order chi connectivity index (χ0) is 32.5. The minimum absolute atomic E-state index is 0.169. The van der Waals surface area contributed by atoms with Gasteiger partial charge in [-0.2, -0.15) is 19.5 Å². The molecule has 3 heterocycles. The van der Waals surface area contributed by atoms with Gasteiger partial charge < -0.3 is 4.74 Å². The largest absolute Gasteiger partial charge is 0.373 e. The number of hydrogen-bond acceptors (Lipinski definition) is 6. The first-order valence-corrected chi connectivity index (χ1v) is 16.9. The Bertz CT molecular complexity index is 2080. The van der Waals surface area contributed by atoms with Crippen LogP contribution in [0.15, 0.2) is 137 Å². The molecule has 236 valence electrons. The van der Waals surface area contributed by atoms with Gasteiger partial charge in [-0.25, -0.2) is 13.1 Å². The van der Waals surface area contributed by atoms with Crippen LogP contribution in [0.3, 0.4) is 0 Å². The van der Waals surface area contributed by atoms with E-state index in [9.17, 15) is 13.2 Å². The molecule has 0 bridgehead atoms. The quantitative estimate of drug-likeness (QED) is 0.198. The molecule has 0 aliphatic carbocycles. The molecule has 1 aromatic heterocycles. The van der Waals surface area contributed by atoms with E-state index in [1.54, 1.807) is 29.0 Å². The Hall–Kier alpha value is -5.16. The van der Waals surface area contributed by atoms with Crippen LogP contribution in [0, 0.1) is 0 Å². The molecule has 9 nitrogen and oxygen atoms in total. The fraction of sp³-hybridized carbons (Fsp3) is 0.162. The molecule has 0 N–H and O–H groups in total. The molecule has 5 aromatic rings. The average molecular weight is 644 g/mol. The zero-order valence-corrected chi connectivity index (χ0v) is 26.8. The topological polar surface area (TPSA) is 97.1 Å². The molecule has 2 aliphatic heterocycles. The highest BCUT2D eigenvalue weighted by atomic mass is 32.2. The Morgan fingerprint density at radius 2 is 1.36 bits per heavy atom. The predicted molar refractivity (Wildman–Crippen MR) is 183 cm³/mol. The van der Waals surface area contributed by atoms with Gasteiger partial charge in [0, 0.05) is 36.0 Å². The monoisotopic (exact) mass is 643 g/mol. The third-order valence-corrected chi connectivity index (χ3v) is 9.95. The number of morpholine rings is 1. The van der Waals surface area contributed by atoms with Gasteiger partial charge >= 0.3 is 0 Å². The van der Waals surface area contributed by atoms with Crippen molar-refractivity contribution in [2.45, 2.75) is 31.0 Å². The minimum atomic E-state index is -3.81. The normalized spacial score (nSPS) is 19.7. The van der Waals surface area contributed by atoms with Crippen LogP contribution < -0.4 is 5.01 Å². The number of carbonyl (C=O) groups is 1. The summed E-state index contributed by atoms with van der Waals surface area (Å²) in [5, 5.41) is 11.1. The number of carbonyl (C=O) groups excluding carboxylic acids is 1. The number of ether oxygens (including phenoxy) is 1. The van der Waals surface area contributed by atoms with Crippen molar-refractivity contribution in [2.75, 3.05) is 18.1 Å². The Morgan fingerprint density at radius 3 is 2.02 bits per heavy atom. The Balaban J connectivity index is 1.36. The third-order valence-electron chi connectivity index (χ3n) is 8.12. The van der Waals surface area contributed by atoms with E-state index in [4.69, 9.17) is 14.9 Å². The van der Waals surface area contributed by atoms with Gasteiger partial charge in [0.25, 0.3) is 5.91 Å². The number of sulfonamides is 1. The highest BCUT2D eigenvalue weighted by Gasteiger charge is 2.34. The lowest BCUT2D eigenvalue weighted by atomic mass is 9.99. The number of anilines is 1. The van der Waals surface area contributed by atoms with E-state index in [0.29, 0.717) is 33.8 Å². The molecule has 0 spiro atoms. The molecule has 7 rings (SSSR count).